The van der Waals surface area contributed by atoms with E-state index >= 15 is 0 Å². The van der Waals surface area contributed by atoms with Crippen LogP contribution in [0.5, 0.6) is 0 Å². The van der Waals surface area contributed by atoms with Crippen molar-refractivity contribution in [1.82, 2.24) is 14.9 Å². The molecule has 0 atom stereocenters. The molecule has 1 aromatic heterocycles. The first kappa shape index (κ1) is 19.8. The Morgan fingerprint density at radius 1 is 1.07 bits per heavy atom. The third-order valence-electron chi connectivity index (χ3n) is 4.05. The molecule has 4 nitrogen and oxygen atoms in total. The van der Waals surface area contributed by atoms with Gasteiger partial charge in [0.1, 0.15) is 5.82 Å². The van der Waals surface area contributed by atoms with Crippen LogP contribution >= 0.6 is 27.5 Å². The van der Waals surface area contributed by atoms with Crippen LogP contribution in [0.2, 0.25) is 5.02 Å². The lowest BCUT2D eigenvalue weighted by molar-refractivity contribution is 0.405. The highest BCUT2D eigenvalue weighted by Crippen LogP contribution is 2.24. The van der Waals surface area contributed by atoms with Crippen molar-refractivity contribution in [1.29, 1.82) is 0 Å². The molecule has 0 aliphatic rings. The fourth-order valence-corrected chi connectivity index (χ4v) is 3.11. The summed E-state index contributed by atoms with van der Waals surface area (Å²) in [7, 11) is 4.15. The molecule has 140 valence electrons. The number of fused-ring (bicyclic) bond motifs is 1. The summed E-state index contributed by atoms with van der Waals surface area (Å²) >= 11 is 9.62. The second-order valence-electron chi connectivity index (χ2n) is 6.56. The van der Waals surface area contributed by atoms with Gasteiger partial charge in [0, 0.05) is 21.4 Å². The molecule has 3 aromatic rings. The van der Waals surface area contributed by atoms with E-state index in [2.05, 4.69) is 45.2 Å². The van der Waals surface area contributed by atoms with Crippen LogP contribution < -0.4 is 5.32 Å². The monoisotopic (exact) mass is 444 g/mol. The Hall–Kier alpha value is -1.95. The average molecular weight is 446 g/mol. The van der Waals surface area contributed by atoms with Crippen LogP contribution in [0.15, 0.2) is 46.9 Å². The topological polar surface area (TPSA) is 41.0 Å². The van der Waals surface area contributed by atoms with E-state index in [1.165, 1.54) is 0 Å². The Kier molecular flexibility index (Phi) is 6.83. The fourth-order valence-electron chi connectivity index (χ4n) is 2.68. The van der Waals surface area contributed by atoms with E-state index in [9.17, 15) is 0 Å². The third kappa shape index (κ3) is 5.76. The number of halogens is 2. The molecule has 27 heavy (non-hydrogen) atoms. The summed E-state index contributed by atoms with van der Waals surface area (Å²) in [5.41, 5.74) is 1.93. The van der Waals surface area contributed by atoms with E-state index in [4.69, 9.17) is 16.6 Å². The maximum absolute atomic E-state index is 6.16. The van der Waals surface area contributed by atoms with E-state index in [0.29, 0.717) is 10.8 Å². The van der Waals surface area contributed by atoms with Crippen LogP contribution in [0.3, 0.4) is 0 Å². The predicted octanol–water partition coefficient (Wildman–Crippen LogP) is 5.58. The van der Waals surface area contributed by atoms with Gasteiger partial charge in [-0.15, -0.1) is 0 Å². The van der Waals surface area contributed by atoms with Gasteiger partial charge in [-0.3, -0.25) is 0 Å². The van der Waals surface area contributed by atoms with Crippen LogP contribution in [-0.4, -0.2) is 42.1 Å². The first-order valence-corrected chi connectivity index (χ1v) is 9.98. The molecule has 1 N–H and O–H groups in total. The molecule has 1 heterocycles. The van der Waals surface area contributed by atoms with E-state index in [1.54, 1.807) is 0 Å². The van der Waals surface area contributed by atoms with E-state index in [1.807, 2.05) is 54.6 Å². The Bertz CT molecular complexity index is 939. The largest absolute Gasteiger partial charge is 0.369 e. The SMILES string of the molecule is CN(C)CCCNc1nc(/C=C/c2ccc(Br)cc2)nc2cc(Cl)ccc12. The maximum Gasteiger partial charge on any atom is 0.154 e. The van der Waals surface area contributed by atoms with Gasteiger partial charge in [0.25, 0.3) is 0 Å². The molecule has 0 aliphatic heterocycles. The molecule has 0 saturated heterocycles. The van der Waals surface area contributed by atoms with Gasteiger partial charge in [-0.05, 0) is 69.0 Å². The Morgan fingerprint density at radius 3 is 2.59 bits per heavy atom. The molecule has 2 aromatic carbocycles. The molecule has 0 radical (unpaired) electrons. The normalized spacial score (nSPS) is 11.6. The number of rotatable bonds is 7. The van der Waals surface area contributed by atoms with Crippen molar-refractivity contribution >= 4 is 56.4 Å². The first-order valence-electron chi connectivity index (χ1n) is 8.81. The molecule has 0 bridgehead atoms. The second kappa shape index (κ2) is 9.31. The molecule has 0 fully saturated rings. The Balaban J connectivity index is 1.87. The minimum atomic E-state index is 0.655. The summed E-state index contributed by atoms with van der Waals surface area (Å²) in [6, 6.07) is 13.8. The minimum absolute atomic E-state index is 0.655. The second-order valence-corrected chi connectivity index (χ2v) is 7.91. The van der Waals surface area contributed by atoms with Gasteiger partial charge in [0.15, 0.2) is 5.82 Å². The van der Waals surface area contributed by atoms with Crippen molar-refractivity contribution in [3.05, 3.63) is 63.3 Å². The van der Waals surface area contributed by atoms with E-state index in [0.717, 1.165) is 46.3 Å². The lowest BCUT2D eigenvalue weighted by Crippen LogP contribution is -2.17. The quantitative estimate of drug-likeness (QED) is 0.482. The van der Waals surface area contributed by atoms with E-state index < -0.39 is 0 Å². The smallest absolute Gasteiger partial charge is 0.154 e. The lowest BCUT2D eigenvalue weighted by Gasteiger charge is -2.12. The lowest BCUT2D eigenvalue weighted by atomic mass is 10.2. The third-order valence-corrected chi connectivity index (χ3v) is 4.81. The summed E-state index contributed by atoms with van der Waals surface area (Å²) in [5, 5.41) is 5.09. The summed E-state index contributed by atoms with van der Waals surface area (Å²) in [4.78, 5) is 11.5. The van der Waals surface area contributed by atoms with Gasteiger partial charge in [-0.2, -0.15) is 0 Å². The molecule has 0 unspecified atom stereocenters. The Labute approximate surface area is 173 Å². The Morgan fingerprint density at radius 2 is 1.85 bits per heavy atom. The molecule has 0 aliphatic carbocycles. The highest BCUT2D eigenvalue weighted by atomic mass is 79.9. The molecule has 3 rings (SSSR count). The number of aromatic nitrogens is 2. The van der Waals surface area contributed by atoms with Crippen LogP contribution in [0, 0.1) is 0 Å². The average Bonchev–Trinajstić information content (AvgIpc) is 2.64. The zero-order chi connectivity index (χ0) is 19.2. The molecule has 0 saturated carbocycles. The number of anilines is 1. The summed E-state index contributed by atoms with van der Waals surface area (Å²) < 4.78 is 1.06. The van der Waals surface area contributed by atoms with Crippen molar-refractivity contribution < 1.29 is 0 Å². The maximum atomic E-state index is 6.16. The molecule has 0 spiro atoms. The summed E-state index contributed by atoms with van der Waals surface area (Å²) in [5.74, 6) is 1.49. The highest BCUT2D eigenvalue weighted by molar-refractivity contribution is 9.10. The minimum Gasteiger partial charge on any atom is -0.369 e. The van der Waals surface area contributed by atoms with Gasteiger partial charge < -0.3 is 10.2 Å². The summed E-state index contributed by atoms with van der Waals surface area (Å²) in [6.07, 6.45) is 4.97. The molecule has 0 amide bonds. The van der Waals surface area contributed by atoms with E-state index in [-0.39, 0.29) is 0 Å². The van der Waals surface area contributed by atoms with Crippen LogP contribution in [-0.2, 0) is 0 Å². The fraction of sp³-hybridized carbons (Fsp3) is 0.238. The van der Waals surface area contributed by atoms with Gasteiger partial charge in [0.2, 0.25) is 0 Å². The van der Waals surface area contributed by atoms with Crippen molar-refractivity contribution in [3.63, 3.8) is 0 Å². The van der Waals surface area contributed by atoms with Crippen molar-refractivity contribution in [2.75, 3.05) is 32.5 Å². The number of nitrogens with zero attached hydrogens (tertiary/aromatic N) is 3. The summed E-state index contributed by atoms with van der Waals surface area (Å²) in [6.45, 7) is 1.88. The van der Waals surface area contributed by atoms with Crippen LogP contribution in [0.1, 0.15) is 17.8 Å². The van der Waals surface area contributed by atoms with Crippen molar-refractivity contribution in [2.24, 2.45) is 0 Å². The zero-order valence-electron chi connectivity index (χ0n) is 15.4. The standard InChI is InChI=1S/C21H22BrClN4/c1-27(2)13-3-12-24-21-18-10-9-17(23)14-19(18)25-20(26-21)11-6-15-4-7-16(22)8-5-15/h4-11,14H,3,12-13H2,1-2H3,(H,24,25,26)/b11-6+. The number of hydrogen-bond donors (Lipinski definition) is 1. The number of nitrogens with one attached hydrogen (secondary N) is 1. The van der Waals surface area contributed by atoms with Gasteiger partial charge in [-0.1, -0.05) is 45.7 Å². The number of hydrogen-bond acceptors (Lipinski definition) is 4. The van der Waals surface area contributed by atoms with Gasteiger partial charge >= 0.3 is 0 Å². The van der Waals surface area contributed by atoms with Crippen molar-refractivity contribution in [3.8, 4) is 0 Å². The number of benzene rings is 2. The zero-order valence-corrected chi connectivity index (χ0v) is 17.8. The van der Waals surface area contributed by atoms with Crippen LogP contribution in [0.4, 0.5) is 5.82 Å². The predicted molar refractivity (Wildman–Crippen MR) is 119 cm³/mol. The van der Waals surface area contributed by atoms with Gasteiger partial charge in [0.05, 0.1) is 5.52 Å². The van der Waals surface area contributed by atoms with Crippen LogP contribution in [0.25, 0.3) is 23.1 Å². The molecule has 6 heteroatoms. The molecular weight excluding hydrogens is 424 g/mol. The first-order chi connectivity index (χ1) is 13.0. The highest BCUT2D eigenvalue weighted by Gasteiger charge is 2.07. The molecular formula is C21H22BrClN4. The van der Waals surface area contributed by atoms with Gasteiger partial charge in [-0.25, -0.2) is 9.97 Å². The van der Waals surface area contributed by atoms with Crippen molar-refractivity contribution in [2.45, 2.75) is 6.42 Å².